The molecule has 0 amide bonds. The summed E-state index contributed by atoms with van der Waals surface area (Å²) in [6.07, 6.45) is 0.0234. The van der Waals surface area contributed by atoms with Crippen LogP contribution in [0, 0.1) is 6.92 Å². The summed E-state index contributed by atoms with van der Waals surface area (Å²) in [4.78, 5) is 13.9. The Labute approximate surface area is 230 Å². The minimum absolute atomic E-state index is 0.0477. The molecule has 0 radical (unpaired) electrons. The van der Waals surface area contributed by atoms with E-state index in [0.29, 0.717) is 24.2 Å². The van der Waals surface area contributed by atoms with Crippen molar-refractivity contribution in [3.8, 4) is 5.75 Å². The number of ether oxygens (including phenoxy) is 2. The van der Waals surface area contributed by atoms with Crippen LogP contribution >= 0.6 is 0 Å². The summed E-state index contributed by atoms with van der Waals surface area (Å²) < 4.78 is 42.0. The zero-order valence-corrected chi connectivity index (χ0v) is 23.8. The molecule has 204 valence electrons. The third-order valence-corrected chi connectivity index (χ3v) is 8.97. The number of para-hydroxylation sites is 1. The topological polar surface area (TPSA) is 77.8 Å². The summed E-state index contributed by atoms with van der Waals surface area (Å²) in [6.45, 7) is 7.74. The fraction of sp³-hybridized carbons (Fsp3) is 0.323. The number of benzene rings is 3. The molecular formula is C31H34N2O5S. The number of carbonyl (C=O) groups excluding carboxylic acids is 1. The number of aromatic nitrogens is 1. The van der Waals surface area contributed by atoms with E-state index in [9.17, 15) is 13.2 Å². The number of nitrogens with zero attached hydrogens (tertiary/aromatic N) is 2. The predicted octanol–water partition coefficient (Wildman–Crippen LogP) is 6.47. The Hall–Kier alpha value is -3.62. The first-order chi connectivity index (χ1) is 18.5. The Bertz CT molecular complexity index is 1610. The molecule has 2 heterocycles. The average molecular weight is 547 g/mol. The van der Waals surface area contributed by atoms with Crippen LogP contribution in [0.4, 0.5) is 4.79 Å². The summed E-state index contributed by atoms with van der Waals surface area (Å²) in [5, 5.41) is 0.911. The number of fused-ring (bicyclic) bond motifs is 3. The SMILES string of the molecule is COc1ccc(C2CCN(S(=O)(=O)c3ccc(C)cc3)Cc3c2c2ccccc2n3C(=O)OC(C)(C)C)cc1. The number of methoxy groups -OCH3 is 1. The summed E-state index contributed by atoms with van der Waals surface area (Å²) in [5.41, 5.74) is 3.56. The minimum atomic E-state index is -3.83. The molecule has 0 spiro atoms. The molecule has 3 aromatic carbocycles. The van der Waals surface area contributed by atoms with Crippen LogP contribution in [0.2, 0.25) is 0 Å². The molecule has 1 aliphatic heterocycles. The lowest BCUT2D eigenvalue weighted by Crippen LogP contribution is -2.33. The van der Waals surface area contributed by atoms with Crippen molar-refractivity contribution in [2.75, 3.05) is 13.7 Å². The maximum Gasteiger partial charge on any atom is 0.419 e. The highest BCUT2D eigenvalue weighted by atomic mass is 32.2. The van der Waals surface area contributed by atoms with Crippen LogP contribution in [0.25, 0.3) is 10.9 Å². The van der Waals surface area contributed by atoms with Crippen LogP contribution in [-0.2, 0) is 21.3 Å². The molecule has 1 aliphatic rings. The first kappa shape index (κ1) is 27.0. The number of rotatable bonds is 4. The van der Waals surface area contributed by atoms with Gasteiger partial charge < -0.3 is 9.47 Å². The average Bonchev–Trinajstić information content (AvgIpc) is 3.07. The molecule has 1 aromatic heterocycles. The van der Waals surface area contributed by atoms with Crippen LogP contribution in [-0.4, -0.2) is 42.6 Å². The Morgan fingerprint density at radius 3 is 2.26 bits per heavy atom. The summed E-state index contributed by atoms with van der Waals surface area (Å²) >= 11 is 0. The lowest BCUT2D eigenvalue weighted by Gasteiger charge is -2.23. The molecule has 0 saturated carbocycles. The van der Waals surface area contributed by atoms with Gasteiger partial charge in [0.15, 0.2) is 0 Å². The Kier molecular flexibility index (Phi) is 7.03. The van der Waals surface area contributed by atoms with Gasteiger partial charge in [0.25, 0.3) is 0 Å². The molecule has 8 heteroatoms. The second-order valence-corrected chi connectivity index (χ2v) is 12.9. The monoisotopic (exact) mass is 546 g/mol. The summed E-state index contributed by atoms with van der Waals surface area (Å²) in [5.74, 6) is 0.602. The Morgan fingerprint density at radius 2 is 1.62 bits per heavy atom. The van der Waals surface area contributed by atoms with Gasteiger partial charge in [0, 0.05) is 23.5 Å². The van der Waals surface area contributed by atoms with Gasteiger partial charge in [-0.3, -0.25) is 0 Å². The van der Waals surface area contributed by atoms with E-state index in [1.807, 2.05) is 76.2 Å². The van der Waals surface area contributed by atoms with E-state index in [0.717, 1.165) is 27.8 Å². The van der Waals surface area contributed by atoms with Gasteiger partial charge in [-0.05, 0) is 75.6 Å². The van der Waals surface area contributed by atoms with E-state index < -0.39 is 21.7 Å². The van der Waals surface area contributed by atoms with Crippen LogP contribution in [0.1, 0.15) is 55.5 Å². The number of carbonyl (C=O) groups is 1. The van der Waals surface area contributed by atoms with Gasteiger partial charge in [0.05, 0.1) is 24.1 Å². The first-order valence-corrected chi connectivity index (χ1v) is 14.5. The van der Waals surface area contributed by atoms with E-state index >= 15 is 0 Å². The van der Waals surface area contributed by atoms with E-state index in [2.05, 4.69) is 0 Å². The van der Waals surface area contributed by atoms with Crippen molar-refractivity contribution in [1.82, 2.24) is 8.87 Å². The highest BCUT2D eigenvalue weighted by molar-refractivity contribution is 7.89. The van der Waals surface area contributed by atoms with Crippen molar-refractivity contribution in [2.24, 2.45) is 0 Å². The van der Waals surface area contributed by atoms with E-state index in [-0.39, 0.29) is 17.4 Å². The van der Waals surface area contributed by atoms with Crippen LogP contribution in [0.5, 0.6) is 5.75 Å². The predicted molar refractivity (Wildman–Crippen MR) is 152 cm³/mol. The Balaban J connectivity index is 1.72. The van der Waals surface area contributed by atoms with Crippen LogP contribution in [0.3, 0.4) is 0 Å². The van der Waals surface area contributed by atoms with Gasteiger partial charge >= 0.3 is 6.09 Å². The van der Waals surface area contributed by atoms with E-state index in [1.165, 1.54) is 4.31 Å². The zero-order valence-electron chi connectivity index (χ0n) is 23.0. The molecule has 0 N–H and O–H groups in total. The number of aryl methyl sites for hydroxylation is 1. The van der Waals surface area contributed by atoms with Crippen molar-refractivity contribution in [2.45, 2.75) is 57.1 Å². The van der Waals surface area contributed by atoms with Gasteiger partial charge in [0.2, 0.25) is 10.0 Å². The van der Waals surface area contributed by atoms with Gasteiger partial charge in [-0.15, -0.1) is 0 Å². The van der Waals surface area contributed by atoms with E-state index in [1.54, 1.807) is 35.9 Å². The quantitative estimate of drug-likeness (QED) is 0.293. The number of hydrogen-bond donors (Lipinski definition) is 0. The fourth-order valence-corrected chi connectivity index (χ4v) is 6.69. The summed E-state index contributed by atoms with van der Waals surface area (Å²) in [7, 11) is -2.20. The molecule has 4 aromatic rings. The lowest BCUT2D eigenvalue weighted by molar-refractivity contribution is 0.0538. The zero-order chi connectivity index (χ0) is 27.9. The minimum Gasteiger partial charge on any atom is -0.497 e. The number of sulfonamides is 1. The normalized spacial score (nSPS) is 16.5. The van der Waals surface area contributed by atoms with Crippen molar-refractivity contribution in [3.63, 3.8) is 0 Å². The van der Waals surface area contributed by atoms with Gasteiger partial charge in [0.1, 0.15) is 11.4 Å². The third kappa shape index (κ3) is 5.18. The molecule has 5 rings (SSSR count). The van der Waals surface area contributed by atoms with Crippen molar-refractivity contribution in [3.05, 3.63) is 95.2 Å². The molecule has 7 nitrogen and oxygen atoms in total. The van der Waals surface area contributed by atoms with Crippen LogP contribution in [0.15, 0.2) is 77.7 Å². The molecule has 0 aliphatic carbocycles. The van der Waals surface area contributed by atoms with Gasteiger partial charge in [-0.1, -0.05) is 48.0 Å². The van der Waals surface area contributed by atoms with E-state index in [4.69, 9.17) is 9.47 Å². The molecule has 1 unspecified atom stereocenters. The molecular weight excluding hydrogens is 512 g/mol. The highest BCUT2D eigenvalue weighted by Crippen LogP contribution is 2.42. The molecule has 39 heavy (non-hydrogen) atoms. The third-order valence-electron chi connectivity index (χ3n) is 7.11. The van der Waals surface area contributed by atoms with Gasteiger partial charge in [-0.2, -0.15) is 4.31 Å². The molecule has 1 atom stereocenters. The second-order valence-electron chi connectivity index (χ2n) is 11.0. The Morgan fingerprint density at radius 1 is 0.949 bits per heavy atom. The molecule has 0 fully saturated rings. The van der Waals surface area contributed by atoms with Crippen molar-refractivity contribution < 1.29 is 22.7 Å². The standard InChI is InChI=1S/C31H34N2O5S/c1-21-10-16-24(17-11-21)39(35,36)32-19-18-25(22-12-14-23(37-5)15-13-22)29-26-8-6-7-9-27(26)33(28(29)20-32)30(34)38-31(2,3)4/h6-17,25H,18-20H2,1-5H3. The van der Waals surface area contributed by atoms with Crippen molar-refractivity contribution in [1.29, 1.82) is 0 Å². The van der Waals surface area contributed by atoms with Crippen LogP contribution < -0.4 is 4.74 Å². The highest BCUT2D eigenvalue weighted by Gasteiger charge is 2.36. The van der Waals surface area contributed by atoms with Crippen molar-refractivity contribution >= 4 is 27.0 Å². The number of hydrogen-bond acceptors (Lipinski definition) is 5. The second kappa shape index (κ2) is 10.2. The largest absolute Gasteiger partial charge is 0.497 e. The first-order valence-electron chi connectivity index (χ1n) is 13.1. The molecule has 0 bridgehead atoms. The summed E-state index contributed by atoms with van der Waals surface area (Å²) in [6, 6.07) is 22.4. The fourth-order valence-electron chi connectivity index (χ4n) is 5.28. The maximum absolute atomic E-state index is 13.9. The van der Waals surface area contributed by atoms with Gasteiger partial charge in [-0.25, -0.2) is 17.8 Å². The smallest absolute Gasteiger partial charge is 0.419 e. The maximum atomic E-state index is 13.9. The lowest BCUT2D eigenvalue weighted by atomic mass is 9.87. The molecule has 0 saturated heterocycles.